The summed E-state index contributed by atoms with van der Waals surface area (Å²) in [7, 11) is 0. The number of rotatable bonds is 5. The van der Waals surface area contributed by atoms with Crippen molar-refractivity contribution < 1.29 is 5.11 Å². The largest absolute Gasteiger partial charge is 0.383 e. The van der Waals surface area contributed by atoms with E-state index < -0.39 is 5.60 Å². The molecule has 1 rings (SSSR count). The van der Waals surface area contributed by atoms with E-state index in [1.807, 2.05) is 12.1 Å². The molecule has 0 spiro atoms. The van der Waals surface area contributed by atoms with Gasteiger partial charge in [0.15, 0.2) is 5.96 Å². The fourth-order valence-electron chi connectivity index (χ4n) is 1.45. The highest BCUT2D eigenvalue weighted by Crippen LogP contribution is 2.27. The SMILES string of the molecule is C=CCNC(N)=NCC(C)(O)c1ccccc1Cl.I. The molecule has 0 bridgehead atoms. The van der Waals surface area contributed by atoms with Crippen molar-refractivity contribution in [2.45, 2.75) is 12.5 Å². The Morgan fingerprint density at radius 2 is 2.21 bits per heavy atom. The first-order valence-electron chi connectivity index (χ1n) is 5.59. The highest BCUT2D eigenvalue weighted by atomic mass is 127. The zero-order valence-electron chi connectivity index (χ0n) is 10.8. The monoisotopic (exact) mass is 395 g/mol. The molecule has 0 aliphatic carbocycles. The molecule has 0 radical (unpaired) electrons. The summed E-state index contributed by atoms with van der Waals surface area (Å²) in [5.74, 6) is 0.266. The highest BCUT2D eigenvalue weighted by molar-refractivity contribution is 14.0. The Bertz CT molecular complexity index is 449. The van der Waals surface area contributed by atoms with Crippen LogP contribution >= 0.6 is 35.6 Å². The number of halogens is 2. The van der Waals surface area contributed by atoms with Crippen LogP contribution in [0.1, 0.15) is 12.5 Å². The van der Waals surface area contributed by atoms with Gasteiger partial charge in [0.25, 0.3) is 0 Å². The van der Waals surface area contributed by atoms with Gasteiger partial charge in [-0.15, -0.1) is 30.6 Å². The molecule has 19 heavy (non-hydrogen) atoms. The molecule has 106 valence electrons. The molecule has 0 saturated carbocycles. The van der Waals surface area contributed by atoms with E-state index in [1.165, 1.54) is 0 Å². The topological polar surface area (TPSA) is 70.6 Å². The number of nitrogens with one attached hydrogen (secondary N) is 1. The molecule has 0 fully saturated rings. The molecule has 0 aromatic heterocycles. The first-order valence-corrected chi connectivity index (χ1v) is 5.97. The standard InChI is InChI=1S/C13H18ClN3O.HI/c1-3-8-16-12(15)17-9-13(2,18)10-6-4-5-7-11(10)14;/h3-7,18H,1,8-9H2,2H3,(H3,15,16,17);1H. The van der Waals surface area contributed by atoms with Crippen molar-refractivity contribution in [2.75, 3.05) is 13.1 Å². The van der Waals surface area contributed by atoms with Crippen molar-refractivity contribution in [2.24, 2.45) is 10.7 Å². The van der Waals surface area contributed by atoms with Gasteiger partial charge in [-0.1, -0.05) is 35.9 Å². The summed E-state index contributed by atoms with van der Waals surface area (Å²) in [4.78, 5) is 4.08. The quantitative estimate of drug-likeness (QED) is 0.310. The second-order valence-electron chi connectivity index (χ2n) is 4.12. The number of benzene rings is 1. The van der Waals surface area contributed by atoms with E-state index in [0.717, 1.165) is 0 Å². The lowest BCUT2D eigenvalue weighted by atomic mass is 9.96. The zero-order chi connectivity index (χ0) is 13.6. The Balaban J connectivity index is 0.00000324. The molecule has 0 heterocycles. The molecular weight excluding hydrogens is 377 g/mol. The lowest BCUT2D eigenvalue weighted by Crippen LogP contribution is -2.34. The number of nitrogens with zero attached hydrogens (tertiary/aromatic N) is 1. The van der Waals surface area contributed by atoms with Crippen molar-refractivity contribution in [3.63, 3.8) is 0 Å². The van der Waals surface area contributed by atoms with E-state index in [2.05, 4.69) is 16.9 Å². The maximum Gasteiger partial charge on any atom is 0.188 e. The van der Waals surface area contributed by atoms with Gasteiger partial charge in [0.2, 0.25) is 0 Å². The number of guanidine groups is 1. The molecule has 0 saturated heterocycles. The summed E-state index contributed by atoms with van der Waals surface area (Å²) < 4.78 is 0. The average Bonchev–Trinajstić information content (AvgIpc) is 2.34. The first kappa shape index (κ1) is 18.2. The van der Waals surface area contributed by atoms with Crippen LogP contribution in [0.15, 0.2) is 41.9 Å². The number of nitrogens with two attached hydrogens (primary N) is 1. The predicted octanol–water partition coefficient (Wildman–Crippen LogP) is 2.26. The van der Waals surface area contributed by atoms with Gasteiger partial charge in [-0.25, -0.2) is 0 Å². The third-order valence-corrected chi connectivity index (χ3v) is 2.77. The minimum atomic E-state index is -1.15. The molecule has 1 aromatic rings. The van der Waals surface area contributed by atoms with Gasteiger partial charge < -0.3 is 16.2 Å². The highest BCUT2D eigenvalue weighted by Gasteiger charge is 2.25. The summed E-state index contributed by atoms with van der Waals surface area (Å²) in [6.45, 7) is 5.88. The number of aliphatic imine (C=N–C) groups is 1. The van der Waals surface area contributed by atoms with Gasteiger partial charge in [0.05, 0.1) is 6.54 Å². The summed E-state index contributed by atoms with van der Waals surface area (Å²) in [6.07, 6.45) is 1.68. The van der Waals surface area contributed by atoms with Gasteiger partial charge in [-0.2, -0.15) is 0 Å². The lowest BCUT2D eigenvalue weighted by molar-refractivity contribution is 0.0674. The van der Waals surface area contributed by atoms with Crippen LogP contribution in [-0.4, -0.2) is 24.2 Å². The Hall–Kier alpha value is -0.790. The fraction of sp³-hybridized carbons (Fsp3) is 0.308. The Kier molecular flexibility index (Phi) is 8.05. The maximum absolute atomic E-state index is 10.3. The van der Waals surface area contributed by atoms with Crippen molar-refractivity contribution in [3.8, 4) is 0 Å². The molecule has 6 heteroatoms. The van der Waals surface area contributed by atoms with Crippen molar-refractivity contribution in [1.29, 1.82) is 0 Å². The van der Waals surface area contributed by atoms with E-state index in [-0.39, 0.29) is 36.5 Å². The normalized spacial score (nSPS) is 14.2. The fourth-order valence-corrected chi connectivity index (χ4v) is 1.79. The summed E-state index contributed by atoms with van der Waals surface area (Å²) in [5.41, 5.74) is 5.11. The lowest BCUT2D eigenvalue weighted by Gasteiger charge is -2.23. The Morgan fingerprint density at radius 3 is 2.79 bits per heavy atom. The summed E-state index contributed by atoms with van der Waals surface area (Å²) in [5, 5.41) is 13.7. The number of hydrogen-bond donors (Lipinski definition) is 3. The van der Waals surface area contributed by atoms with E-state index in [4.69, 9.17) is 17.3 Å². The van der Waals surface area contributed by atoms with Crippen LogP contribution in [-0.2, 0) is 5.60 Å². The molecule has 0 aliphatic heterocycles. The first-order chi connectivity index (χ1) is 8.47. The molecule has 1 aromatic carbocycles. The molecule has 1 unspecified atom stereocenters. The predicted molar refractivity (Wildman–Crippen MR) is 91.1 cm³/mol. The number of hydrogen-bond acceptors (Lipinski definition) is 2. The summed E-state index contributed by atoms with van der Waals surface area (Å²) in [6, 6.07) is 7.13. The molecule has 4 nitrogen and oxygen atoms in total. The van der Waals surface area contributed by atoms with Gasteiger partial charge in [0, 0.05) is 17.1 Å². The van der Waals surface area contributed by atoms with Crippen LogP contribution in [0.2, 0.25) is 5.02 Å². The van der Waals surface area contributed by atoms with Gasteiger partial charge in [0.1, 0.15) is 5.60 Å². The summed E-state index contributed by atoms with van der Waals surface area (Å²) >= 11 is 6.04. The second-order valence-corrected chi connectivity index (χ2v) is 4.53. The molecule has 4 N–H and O–H groups in total. The number of aliphatic hydroxyl groups is 1. The van der Waals surface area contributed by atoms with Crippen LogP contribution in [0.25, 0.3) is 0 Å². The smallest absolute Gasteiger partial charge is 0.188 e. The molecular formula is C13H19ClIN3O. The van der Waals surface area contributed by atoms with Crippen LogP contribution in [0.3, 0.4) is 0 Å². The van der Waals surface area contributed by atoms with Crippen LogP contribution in [0.4, 0.5) is 0 Å². The average molecular weight is 396 g/mol. The van der Waals surface area contributed by atoms with Crippen molar-refractivity contribution in [3.05, 3.63) is 47.5 Å². The van der Waals surface area contributed by atoms with E-state index in [9.17, 15) is 5.11 Å². The Morgan fingerprint density at radius 1 is 1.58 bits per heavy atom. The maximum atomic E-state index is 10.3. The van der Waals surface area contributed by atoms with Gasteiger partial charge in [-0.05, 0) is 13.0 Å². The third-order valence-electron chi connectivity index (χ3n) is 2.44. The van der Waals surface area contributed by atoms with E-state index >= 15 is 0 Å². The van der Waals surface area contributed by atoms with Gasteiger partial charge in [-0.3, -0.25) is 4.99 Å². The Labute approximate surface area is 135 Å². The van der Waals surface area contributed by atoms with Crippen molar-refractivity contribution in [1.82, 2.24) is 5.32 Å². The van der Waals surface area contributed by atoms with E-state index in [1.54, 1.807) is 25.1 Å². The van der Waals surface area contributed by atoms with Crippen LogP contribution in [0, 0.1) is 0 Å². The van der Waals surface area contributed by atoms with E-state index in [0.29, 0.717) is 17.1 Å². The minimum absolute atomic E-state index is 0. The van der Waals surface area contributed by atoms with Gasteiger partial charge >= 0.3 is 0 Å². The molecule has 0 aliphatic rings. The third kappa shape index (κ3) is 5.80. The molecule has 1 atom stereocenters. The van der Waals surface area contributed by atoms with Crippen LogP contribution in [0.5, 0.6) is 0 Å². The van der Waals surface area contributed by atoms with Crippen LogP contribution < -0.4 is 11.1 Å². The second kappa shape index (κ2) is 8.39. The van der Waals surface area contributed by atoms with Crippen molar-refractivity contribution >= 4 is 41.5 Å². The minimum Gasteiger partial charge on any atom is -0.383 e. The zero-order valence-corrected chi connectivity index (χ0v) is 13.9. The molecule has 0 amide bonds.